The fourth-order valence-electron chi connectivity index (χ4n) is 4.50. The van der Waals surface area contributed by atoms with Gasteiger partial charge in [0.2, 0.25) is 0 Å². The molecule has 1 fully saturated rings. The van der Waals surface area contributed by atoms with Crippen molar-refractivity contribution in [2.45, 2.75) is 25.0 Å². The zero-order chi connectivity index (χ0) is 25.1. The van der Waals surface area contributed by atoms with Crippen LogP contribution in [0.25, 0.3) is 11.0 Å². The van der Waals surface area contributed by atoms with Crippen LogP contribution < -0.4 is 21.3 Å². The molecule has 0 radical (unpaired) electrons. The normalized spacial score (nSPS) is 15.0. The molecule has 1 aliphatic heterocycles. The van der Waals surface area contributed by atoms with E-state index in [-0.39, 0.29) is 11.9 Å². The third-order valence-corrected chi connectivity index (χ3v) is 6.40. The molecule has 0 aliphatic carbocycles. The Kier molecular flexibility index (Phi) is 6.55. The summed E-state index contributed by atoms with van der Waals surface area (Å²) >= 11 is 0. The summed E-state index contributed by atoms with van der Waals surface area (Å²) in [6.07, 6.45) is 0.804. The summed E-state index contributed by atoms with van der Waals surface area (Å²) in [7, 11) is 0. The first kappa shape index (κ1) is 23.4. The highest BCUT2D eigenvalue weighted by atomic mass is 16.3. The lowest BCUT2D eigenvalue weighted by molar-refractivity contribution is -0.125. The van der Waals surface area contributed by atoms with Gasteiger partial charge in [0.25, 0.3) is 11.8 Å². The SMILES string of the molecule is Nc1nc2ccc(NC(=O)C(O)C(NC(=O)c3ccc(N4CCCC4)cc3)c3ccccc3)cc2[nH]1. The van der Waals surface area contributed by atoms with Crippen LogP contribution in [0.5, 0.6) is 0 Å². The van der Waals surface area contributed by atoms with E-state index >= 15 is 0 Å². The van der Waals surface area contributed by atoms with Gasteiger partial charge in [-0.15, -0.1) is 0 Å². The molecule has 0 bridgehead atoms. The summed E-state index contributed by atoms with van der Waals surface area (Å²) in [5, 5.41) is 16.6. The average molecular weight is 485 g/mol. The predicted molar refractivity (Wildman–Crippen MR) is 140 cm³/mol. The van der Waals surface area contributed by atoms with E-state index in [0.29, 0.717) is 27.8 Å². The van der Waals surface area contributed by atoms with E-state index in [1.807, 2.05) is 18.2 Å². The molecule has 2 unspecified atom stereocenters. The number of hydrogen-bond donors (Lipinski definition) is 5. The van der Waals surface area contributed by atoms with E-state index in [1.165, 1.54) is 12.8 Å². The molecule has 5 rings (SSSR count). The molecule has 1 aliphatic rings. The van der Waals surface area contributed by atoms with Crippen LogP contribution in [-0.4, -0.2) is 46.1 Å². The smallest absolute Gasteiger partial charge is 0.255 e. The highest BCUT2D eigenvalue weighted by Crippen LogP contribution is 2.23. The van der Waals surface area contributed by atoms with Gasteiger partial charge in [0.15, 0.2) is 12.1 Å². The minimum absolute atomic E-state index is 0.272. The summed E-state index contributed by atoms with van der Waals surface area (Å²) in [6, 6.07) is 20.4. The number of nitrogens with zero attached hydrogens (tertiary/aromatic N) is 2. The van der Waals surface area contributed by atoms with E-state index in [1.54, 1.807) is 54.6 Å². The monoisotopic (exact) mass is 484 g/mol. The number of aromatic nitrogens is 2. The maximum atomic E-state index is 13.1. The fourth-order valence-corrected chi connectivity index (χ4v) is 4.50. The van der Waals surface area contributed by atoms with Crippen molar-refractivity contribution in [3.8, 4) is 0 Å². The Balaban J connectivity index is 1.33. The van der Waals surface area contributed by atoms with Crippen molar-refractivity contribution in [1.29, 1.82) is 0 Å². The van der Waals surface area contributed by atoms with E-state index < -0.39 is 18.1 Å². The molecule has 3 aromatic carbocycles. The number of aliphatic hydroxyl groups excluding tert-OH is 1. The first-order chi connectivity index (χ1) is 17.5. The number of imidazole rings is 1. The van der Waals surface area contributed by atoms with Crippen LogP contribution in [0.15, 0.2) is 72.8 Å². The van der Waals surface area contributed by atoms with Gasteiger partial charge in [0.1, 0.15) is 0 Å². The third-order valence-electron chi connectivity index (χ3n) is 6.40. The van der Waals surface area contributed by atoms with Gasteiger partial charge in [0, 0.05) is 30.0 Å². The Morgan fingerprint density at radius 3 is 2.44 bits per heavy atom. The molecule has 0 spiro atoms. The number of nitrogens with one attached hydrogen (secondary N) is 3. The van der Waals surface area contributed by atoms with Gasteiger partial charge in [-0.2, -0.15) is 0 Å². The number of aromatic amines is 1. The van der Waals surface area contributed by atoms with Crippen molar-refractivity contribution >= 4 is 40.2 Å². The van der Waals surface area contributed by atoms with E-state index in [2.05, 4.69) is 25.5 Å². The van der Waals surface area contributed by atoms with Crippen LogP contribution in [0.4, 0.5) is 17.3 Å². The molecule has 1 aromatic heterocycles. The van der Waals surface area contributed by atoms with Gasteiger partial charge < -0.3 is 31.4 Å². The Bertz CT molecular complexity index is 1360. The van der Waals surface area contributed by atoms with Crippen molar-refractivity contribution in [2.75, 3.05) is 29.0 Å². The lowest BCUT2D eigenvalue weighted by Crippen LogP contribution is -2.42. The lowest BCUT2D eigenvalue weighted by Gasteiger charge is -2.24. The molecule has 0 saturated carbocycles. The number of amides is 2. The molecule has 36 heavy (non-hydrogen) atoms. The largest absolute Gasteiger partial charge is 0.381 e. The molecular formula is C27H28N6O3. The first-order valence-corrected chi connectivity index (χ1v) is 11.9. The summed E-state index contributed by atoms with van der Waals surface area (Å²) in [5.74, 6) is -0.757. The highest BCUT2D eigenvalue weighted by molar-refractivity contribution is 5.98. The summed E-state index contributed by atoms with van der Waals surface area (Å²) in [4.78, 5) is 35.4. The van der Waals surface area contributed by atoms with Crippen molar-refractivity contribution < 1.29 is 14.7 Å². The number of nitrogens with two attached hydrogens (primary N) is 1. The predicted octanol–water partition coefficient (Wildman–Crippen LogP) is 3.22. The molecule has 2 heterocycles. The summed E-state index contributed by atoms with van der Waals surface area (Å²) in [6.45, 7) is 2.03. The van der Waals surface area contributed by atoms with Crippen LogP contribution in [0.1, 0.15) is 34.8 Å². The fraction of sp³-hybridized carbons (Fsp3) is 0.222. The van der Waals surface area contributed by atoms with Gasteiger partial charge >= 0.3 is 0 Å². The molecule has 1 saturated heterocycles. The summed E-state index contributed by atoms with van der Waals surface area (Å²) in [5.41, 5.74) is 9.62. The number of benzene rings is 3. The van der Waals surface area contributed by atoms with Gasteiger partial charge in [-0.1, -0.05) is 30.3 Å². The van der Waals surface area contributed by atoms with Crippen LogP contribution in [0.3, 0.4) is 0 Å². The Hall–Kier alpha value is -4.37. The number of H-pyrrole nitrogens is 1. The maximum absolute atomic E-state index is 13.1. The number of carbonyl (C=O) groups excluding carboxylic acids is 2. The summed E-state index contributed by atoms with van der Waals surface area (Å²) < 4.78 is 0. The molecule has 2 amide bonds. The number of aliphatic hydroxyl groups is 1. The van der Waals surface area contributed by atoms with Crippen molar-refractivity contribution in [2.24, 2.45) is 0 Å². The molecule has 2 atom stereocenters. The topological polar surface area (TPSA) is 136 Å². The standard InChI is InChI=1S/C27H28N6O3/c28-27-30-21-13-10-19(16-22(21)31-27)29-26(36)24(34)23(17-6-2-1-3-7-17)32-25(35)18-8-11-20(12-9-18)33-14-4-5-15-33/h1-3,6-13,16,23-24,34H,4-5,14-15H2,(H,29,36)(H,32,35)(H3,28,30,31). The number of fused-ring (bicyclic) bond motifs is 1. The molecule has 184 valence electrons. The zero-order valence-electron chi connectivity index (χ0n) is 19.6. The Morgan fingerprint density at radius 1 is 1.00 bits per heavy atom. The molecule has 9 nitrogen and oxygen atoms in total. The highest BCUT2D eigenvalue weighted by Gasteiger charge is 2.29. The van der Waals surface area contributed by atoms with E-state index in [0.717, 1.165) is 18.8 Å². The number of nitrogen functional groups attached to an aromatic ring is 1. The molecule has 6 N–H and O–H groups in total. The number of carbonyl (C=O) groups is 2. The van der Waals surface area contributed by atoms with Crippen LogP contribution >= 0.6 is 0 Å². The van der Waals surface area contributed by atoms with Crippen molar-refractivity contribution in [3.05, 3.63) is 83.9 Å². The van der Waals surface area contributed by atoms with E-state index in [9.17, 15) is 14.7 Å². The second-order valence-electron chi connectivity index (χ2n) is 8.89. The maximum Gasteiger partial charge on any atom is 0.255 e. The minimum atomic E-state index is -1.54. The number of anilines is 3. The Morgan fingerprint density at radius 2 is 1.72 bits per heavy atom. The van der Waals surface area contributed by atoms with Gasteiger partial charge in [-0.05, 0) is 60.9 Å². The molecule has 4 aromatic rings. The molecular weight excluding hydrogens is 456 g/mol. The quantitative estimate of drug-likeness (QED) is 0.273. The first-order valence-electron chi connectivity index (χ1n) is 11.9. The van der Waals surface area contributed by atoms with Crippen LogP contribution in [-0.2, 0) is 4.79 Å². The van der Waals surface area contributed by atoms with Gasteiger partial charge in [-0.25, -0.2) is 4.98 Å². The minimum Gasteiger partial charge on any atom is -0.381 e. The number of hydrogen-bond acceptors (Lipinski definition) is 6. The Labute approximate surface area is 208 Å². The van der Waals surface area contributed by atoms with E-state index in [4.69, 9.17) is 5.73 Å². The van der Waals surface area contributed by atoms with Crippen molar-refractivity contribution in [3.63, 3.8) is 0 Å². The second-order valence-corrected chi connectivity index (χ2v) is 8.89. The third kappa shape index (κ3) is 5.01. The average Bonchev–Trinajstić information content (AvgIpc) is 3.56. The van der Waals surface area contributed by atoms with Gasteiger partial charge in [0.05, 0.1) is 17.1 Å². The molecule has 9 heteroatoms. The van der Waals surface area contributed by atoms with Crippen molar-refractivity contribution in [1.82, 2.24) is 15.3 Å². The second kappa shape index (κ2) is 10.1. The zero-order valence-corrected chi connectivity index (χ0v) is 19.6. The van der Waals surface area contributed by atoms with Crippen LogP contribution in [0.2, 0.25) is 0 Å². The number of rotatable bonds is 7. The lowest BCUT2D eigenvalue weighted by atomic mass is 10.00. The van der Waals surface area contributed by atoms with Crippen LogP contribution in [0, 0.1) is 0 Å². The van der Waals surface area contributed by atoms with Gasteiger partial charge in [-0.3, -0.25) is 9.59 Å².